The van der Waals surface area contributed by atoms with Gasteiger partial charge in [-0.05, 0) is 73.2 Å². The fraction of sp³-hybridized carbons (Fsp3) is 0.407. The standard InChI is InChI=1S/C27H29ClN4O4S/c1-32-24(18-6-5-13-29-16-18)30-31-26(32)37-23-21(33)15-27(36-25(23)34,19-7-3-4-8-19)12-11-17-9-10-22(35-2)20(28)14-17/h5-6,9-10,13-14,16,19,33H,3-4,7-8,11-12,15H2,1-2H3. The third-order valence-electron chi connectivity index (χ3n) is 7.31. The van der Waals surface area contributed by atoms with Crippen LogP contribution in [0.4, 0.5) is 0 Å². The lowest BCUT2D eigenvalue weighted by atomic mass is 9.77. The fourth-order valence-corrected chi connectivity index (χ4v) is 6.42. The molecule has 0 spiro atoms. The van der Waals surface area contributed by atoms with Crippen molar-refractivity contribution in [3.05, 3.63) is 64.0 Å². The predicted molar refractivity (Wildman–Crippen MR) is 141 cm³/mol. The molecule has 1 saturated carbocycles. The number of thioether (sulfide) groups is 1. The molecule has 1 atom stereocenters. The Morgan fingerprint density at radius 3 is 2.76 bits per heavy atom. The number of aryl methyl sites for hydroxylation is 1. The molecule has 2 aliphatic rings. The van der Waals surface area contributed by atoms with Crippen molar-refractivity contribution in [1.82, 2.24) is 19.7 Å². The normalized spacial score (nSPS) is 20.4. The van der Waals surface area contributed by atoms with Gasteiger partial charge in [-0.3, -0.25) is 4.98 Å². The number of esters is 1. The van der Waals surface area contributed by atoms with E-state index in [4.69, 9.17) is 21.1 Å². The number of nitrogens with zero attached hydrogens (tertiary/aromatic N) is 4. The molecule has 194 valence electrons. The van der Waals surface area contributed by atoms with Gasteiger partial charge in [0.15, 0.2) is 11.0 Å². The van der Waals surface area contributed by atoms with Gasteiger partial charge in [0.2, 0.25) is 0 Å². The molecule has 37 heavy (non-hydrogen) atoms. The molecule has 0 radical (unpaired) electrons. The third kappa shape index (κ3) is 5.20. The van der Waals surface area contributed by atoms with Gasteiger partial charge in [-0.15, -0.1) is 10.2 Å². The first-order valence-electron chi connectivity index (χ1n) is 12.4. The number of methoxy groups -OCH3 is 1. The average molecular weight is 541 g/mol. The summed E-state index contributed by atoms with van der Waals surface area (Å²) in [4.78, 5) is 17.6. The molecular formula is C27H29ClN4O4S. The first-order chi connectivity index (χ1) is 17.9. The van der Waals surface area contributed by atoms with E-state index in [0.29, 0.717) is 34.6 Å². The molecule has 1 aliphatic carbocycles. The lowest BCUT2D eigenvalue weighted by Crippen LogP contribution is -2.45. The van der Waals surface area contributed by atoms with Crippen LogP contribution in [0.1, 0.15) is 44.1 Å². The quantitative estimate of drug-likeness (QED) is 0.352. The number of rotatable bonds is 8. The molecule has 1 aliphatic heterocycles. The van der Waals surface area contributed by atoms with Crippen molar-refractivity contribution in [3.63, 3.8) is 0 Å². The van der Waals surface area contributed by atoms with E-state index in [9.17, 15) is 9.90 Å². The van der Waals surface area contributed by atoms with Gasteiger partial charge in [-0.25, -0.2) is 4.79 Å². The molecular weight excluding hydrogens is 512 g/mol. The smallest absolute Gasteiger partial charge is 0.349 e. The SMILES string of the molecule is COc1ccc(CCC2(C3CCCC3)CC(O)=C(Sc3nnc(-c4cccnc4)n3C)C(=O)O2)cc1Cl. The number of aliphatic hydroxyl groups excluding tert-OH is 1. The number of aromatic nitrogens is 4. The molecule has 10 heteroatoms. The van der Waals surface area contributed by atoms with E-state index < -0.39 is 11.6 Å². The minimum absolute atomic E-state index is 0.0480. The number of hydrogen-bond donors (Lipinski definition) is 1. The maximum Gasteiger partial charge on any atom is 0.349 e. The van der Waals surface area contributed by atoms with Crippen LogP contribution in [-0.4, -0.2) is 43.5 Å². The molecule has 1 N–H and O–H groups in total. The van der Waals surface area contributed by atoms with Gasteiger partial charge in [0, 0.05) is 31.4 Å². The summed E-state index contributed by atoms with van der Waals surface area (Å²) in [6.45, 7) is 0. The summed E-state index contributed by atoms with van der Waals surface area (Å²) in [5, 5.41) is 20.7. The second kappa shape index (κ2) is 10.8. The predicted octanol–water partition coefficient (Wildman–Crippen LogP) is 5.91. The lowest BCUT2D eigenvalue weighted by Gasteiger charge is -2.41. The Morgan fingerprint density at radius 2 is 2.08 bits per heavy atom. The Hall–Kier alpha value is -3.04. The van der Waals surface area contributed by atoms with E-state index in [0.717, 1.165) is 48.6 Å². The van der Waals surface area contributed by atoms with Gasteiger partial charge in [0.25, 0.3) is 0 Å². The van der Waals surface area contributed by atoms with Crippen molar-refractivity contribution in [2.45, 2.75) is 55.7 Å². The van der Waals surface area contributed by atoms with Crippen LogP contribution >= 0.6 is 23.4 Å². The van der Waals surface area contributed by atoms with Crippen LogP contribution in [0.25, 0.3) is 11.4 Å². The first-order valence-corrected chi connectivity index (χ1v) is 13.5. The maximum absolute atomic E-state index is 13.4. The van der Waals surface area contributed by atoms with Crippen LogP contribution in [0.2, 0.25) is 5.02 Å². The van der Waals surface area contributed by atoms with Crippen LogP contribution in [-0.2, 0) is 23.0 Å². The van der Waals surface area contributed by atoms with Crippen molar-refractivity contribution in [3.8, 4) is 17.1 Å². The number of cyclic esters (lactones) is 1. The van der Waals surface area contributed by atoms with Crippen molar-refractivity contribution in [1.29, 1.82) is 0 Å². The highest BCUT2D eigenvalue weighted by Crippen LogP contribution is 2.48. The van der Waals surface area contributed by atoms with Crippen LogP contribution in [0, 0.1) is 5.92 Å². The van der Waals surface area contributed by atoms with E-state index >= 15 is 0 Å². The minimum atomic E-state index is -0.755. The largest absolute Gasteiger partial charge is 0.511 e. The third-order valence-corrected chi connectivity index (χ3v) is 8.75. The molecule has 8 nitrogen and oxygen atoms in total. The molecule has 1 fully saturated rings. The lowest BCUT2D eigenvalue weighted by molar-refractivity contribution is -0.166. The molecule has 1 aromatic carbocycles. The van der Waals surface area contributed by atoms with Gasteiger partial charge in [0.05, 0.1) is 12.1 Å². The van der Waals surface area contributed by atoms with Gasteiger partial charge in [0.1, 0.15) is 22.0 Å². The highest BCUT2D eigenvalue weighted by molar-refractivity contribution is 8.03. The van der Waals surface area contributed by atoms with E-state index in [-0.39, 0.29) is 23.0 Å². The summed E-state index contributed by atoms with van der Waals surface area (Å²) in [6.07, 6.45) is 9.09. The molecule has 0 bridgehead atoms. The van der Waals surface area contributed by atoms with Gasteiger partial charge >= 0.3 is 5.97 Å². The number of benzene rings is 1. The molecule has 0 saturated heterocycles. The monoisotopic (exact) mass is 540 g/mol. The highest BCUT2D eigenvalue weighted by Gasteiger charge is 2.48. The topological polar surface area (TPSA) is 99.4 Å². The Bertz CT molecular complexity index is 1320. The van der Waals surface area contributed by atoms with E-state index in [1.807, 2.05) is 37.4 Å². The second-order valence-corrected chi connectivity index (χ2v) is 11.0. The number of ether oxygens (including phenoxy) is 2. The van der Waals surface area contributed by atoms with Crippen LogP contribution in [0.3, 0.4) is 0 Å². The molecule has 3 aromatic rings. The highest BCUT2D eigenvalue weighted by atomic mass is 35.5. The molecule has 2 aromatic heterocycles. The second-order valence-electron chi connectivity index (χ2n) is 9.57. The molecule has 3 heterocycles. The average Bonchev–Trinajstić information content (AvgIpc) is 3.56. The van der Waals surface area contributed by atoms with Crippen molar-refractivity contribution in [2.24, 2.45) is 13.0 Å². The van der Waals surface area contributed by atoms with Crippen molar-refractivity contribution >= 4 is 29.3 Å². The zero-order valence-electron chi connectivity index (χ0n) is 20.8. The Kier molecular flexibility index (Phi) is 7.44. The van der Waals surface area contributed by atoms with Crippen molar-refractivity contribution in [2.75, 3.05) is 7.11 Å². The molecule has 5 rings (SSSR count). The number of halogens is 1. The summed E-state index contributed by atoms with van der Waals surface area (Å²) >= 11 is 7.41. The summed E-state index contributed by atoms with van der Waals surface area (Å²) in [5.41, 5.74) is 1.09. The number of carbonyl (C=O) groups is 1. The zero-order chi connectivity index (χ0) is 26.0. The fourth-order valence-electron chi connectivity index (χ4n) is 5.34. The Balaban J connectivity index is 1.38. The maximum atomic E-state index is 13.4. The van der Waals surface area contributed by atoms with Gasteiger partial charge < -0.3 is 19.1 Å². The number of aliphatic hydroxyl groups is 1. The Labute approximate surface area is 225 Å². The minimum Gasteiger partial charge on any atom is -0.511 e. The molecule has 1 unspecified atom stereocenters. The molecule has 0 amide bonds. The van der Waals surface area contributed by atoms with E-state index in [2.05, 4.69) is 15.2 Å². The van der Waals surface area contributed by atoms with Crippen molar-refractivity contribution < 1.29 is 19.4 Å². The van der Waals surface area contributed by atoms with E-state index in [1.54, 1.807) is 24.1 Å². The van der Waals surface area contributed by atoms with Crippen LogP contribution in [0.5, 0.6) is 5.75 Å². The van der Waals surface area contributed by atoms with E-state index in [1.165, 1.54) is 0 Å². The summed E-state index contributed by atoms with van der Waals surface area (Å²) < 4.78 is 13.3. The summed E-state index contributed by atoms with van der Waals surface area (Å²) in [6, 6.07) is 9.43. The van der Waals surface area contributed by atoms with Gasteiger partial charge in [-0.2, -0.15) is 0 Å². The zero-order valence-corrected chi connectivity index (χ0v) is 22.4. The van der Waals surface area contributed by atoms with Gasteiger partial charge in [-0.1, -0.05) is 30.5 Å². The Morgan fingerprint density at radius 1 is 1.27 bits per heavy atom. The van der Waals surface area contributed by atoms with Crippen LogP contribution < -0.4 is 4.74 Å². The summed E-state index contributed by atoms with van der Waals surface area (Å²) in [7, 11) is 3.40. The summed E-state index contributed by atoms with van der Waals surface area (Å²) in [5.74, 6) is 0.980. The number of pyridine rings is 1. The number of carbonyl (C=O) groups excluding carboxylic acids is 1. The first kappa shape index (κ1) is 25.6. The number of hydrogen-bond acceptors (Lipinski definition) is 8. The van der Waals surface area contributed by atoms with Crippen LogP contribution in [0.15, 0.2) is 58.5 Å².